The Bertz CT molecular complexity index is 991. The van der Waals surface area contributed by atoms with Crippen molar-refractivity contribution in [3.05, 3.63) is 40.4 Å². The number of nitrogens with zero attached hydrogens (tertiary/aromatic N) is 4. The Balaban J connectivity index is 2.19. The van der Waals surface area contributed by atoms with E-state index in [-0.39, 0.29) is 0 Å². The molecule has 2 heterocycles. The molecule has 0 amide bonds. The third-order valence-corrected chi connectivity index (χ3v) is 4.33. The van der Waals surface area contributed by atoms with Crippen molar-refractivity contribution >= 4 is 62.9 Å². The molecule has 0 atom stereocenters. The molecule has 0 fully saturated rings. The molecule has 0 bridgehead atoms. The predicted octanol–water partition coefficient (Wildman–Crippen LogP) is 3.92. The SMILES string of the molecule is Nc1nc2ccccc2n1-c1c(Cl)cc(Cl)c2nsnc12. The number of nitrogen functional groups attached to an aromatic ring is 1. The quantitative estimate of drug-likeness (QED) is 0.572. The molecule has 0 saturated heterocycles. The highest BCUT2D eigenvalue weighted by Gasteiger charge is 2.19. The minimum atomic E-state index is 0.342. The fourth-order valence-electron chi connectivity index (χ4n) is 2.35. The number of halogens is 2. The number of anilines is 1. The van der Waals surface area contributed by atoms with Gasteiger partial charge in [-0.25, -0.2) is 4.98 Å². The molecule has 0 saturated carbocycles. The van der Waals surface area contributed by atoms with E-state index < -0.39 is 0 Å². The summed E-state index contributed by atoms with van der Waals surface area (Å²) in [6.07, 6.45) is 0. The third kappa shape index (κ3) is 1.80. The Kier molecular flexibility index (Phi) is 2.78. The minimum absolute atomic E-state index is 0.342. The van der Waals surface area contributed by atoms with Crippen LogP contribution in [0.15, 0.2) is 30.3 Å². The Morgan fingerprint density at radius 2 is 1.81 bits per heavy atom. The van der Waals surface area contributed by atoms with Crippen molar-refractivity contribution in [1.82, 2.24) is 18.3 Å². The van der Waals surface area contributed by atoms with Crippen molar-refractivity contribution in [2.75, 3.05) is 5.73 Å². The van der Waals surface area contributed by atoms with Crippen molar-refractivity contribution in [2.45, 2.75) is 0 Å². The van der Waals surface area contributed by atoms with Gasteiger partial charge in [0.15, 0.2) is 0 Å². The lowest BCUT2D eigenvalue weighted by molar-refractivity contribution is 1.12. The van der Waals surface area contributed by atoms with E-state index in [4.69, 9.17) is 28.9 Å². The van der Waals surface area contributed by atoms with Crippen LogP contribution in [0.1, 0.15) is 0 Å². The number of nitrogens with two attached hydrogens (primary N) is 1. The summed E-state index contributed by atoms with van der Waals surface area (Å²) in [6.45, 7) is 0. The lowest BCUT2D eigenvalue weighted by atomic mass is 10.2. The molecule has 2 aromatic carbocycles. The van der Waals surface area contributed by atoms with Crippen LogP contribution in [0, 0.1) is 0 Å². The molecule has 21 heavy (non-hydrogen) atoms. The second-order valence-electron chi connectivity index (χ2n) is 4.44. The van der Waals surface area contributed by atoms with E-state index in [2.05, 4.69) is 13.7 Å². The molecule has 0 aliphatic carbocycles. The van der Waals surface area contributed by atoms with E-state index in [1.165, 1.54) is 0 Å². The number of hydrogen-bond acceptors (Lipinski definition) is 5. The summed E-state index contributed by atoms with van der Waals surface area (Å²) in [4.78, 5) is 4.35. The van der Waals surface area contributed by atoms with Crippen molar-refractivity contribution in [3.63, 3.8) is 0 Å². The van der Waals surface area contributed by atoms with Crippen LogP contribution in [-0.2, 0) is 0 Å². The van der Waals surface area contributed by atoms with Crippen LogP contribution >= 0.6 is 34.9 Å². The zero-order valence-corrected chi connectivity index (χ0v) is 12.7. The molecule has 2 N–H and O–H groups in total. The lowest BCUT2D eigenvalue weighted by Gasteiger charge is -2.10. The summed E-state index contributed by atoms with van der Waals surface area (Å²) in [5.41, 5.74) is 9.59. The molecule has 0 spiro atoms. The maximum Gasteiger partial charge on any atom is 0.206 e. The van der Waals surface area contributed by atoms with Gasteiger partial charge in [0, 0.05) is 0 Å². The summed E-state index contributed by atoms with van der Waals surface area (Å²) >= 11 is 13.6. The van der Waals surface area contributed by atoms with Crippen molar-refractivity contribution in [2.24, 2.45) is 0 Å². The summed E-state index contributed by atoms with van der Waals surface area (Å²) in [7, 11) is 0. The average molecular weight is 336 g/mol. The standard InChI is InChI=1S/C13H7Cl2N5S/c14-6-5-7(15)12(11-10(6)18-21-19-11)20-9-4-2-1-3-8(9)17-13(20)16/h1-5H,(H2,16,17). The summed E-state index contributed by atoms with van der Waals surface area (Å²) in [5, 5.41) is 0.922. The lowest BCUT2D eigenvalue weighted by Crippen LogP contribution is -2.02. The zero-order chi connectivity index (χ0) is 14.6. The summed E-state index contributed by atoms with van der Waals surface area (Å²) < 4.78 is 10.3. The zero-order valence-electron chi connectivity index (χ0n) is 10.4. The van der Waals surface area contributed by atoms with Gasteiger partial charge in [0.05, 0.1) is 38.5 Å². The van der Waals surface area contributed by atoms with Crippen LogP contribution in [0.3, 0.4) is 0 Å². The fourth-order valence-corrected chi connectivity index (χ4v) is 3.55. The molecule has 4 rings (SSSR count). The Hall–Kier alpha value is -1.89. The average Bonchev–Trinajstić information content (AvgIpc) is 3.04. The van der Waals surface area contributed by atoms with Gasteiger partial charge in [0.25, 0.3) is 0 Å². The van der Waals surface area contributed by atoms with Gasteiger partial charge >= 0.3 is 0 Å². The van der Waals surface area contributed by atoms with Crippen LogP contribution in [0.25, 0.3) is 27.8 Å². The van der Waals surface area contributed by atoms with Gasteiger partial charge in [0.1, 0.15) is 11.0 Å². The van der Waals surface area contributed by atoms with Crippen LogP contribution in [0.2, 0.25) is 10.0 Å². The van der Waals surface area contributed by atoms with E-state index in [1.54, 1.807) is 10.6 Å². The highest BCUT2D eigenvalue weighted by molar-refractivity contribution is 7.00. The smallest absolute Gasteiger partial charge is 0.206 e. The van der Waals surface area contributed by atoms with Gasteiger partial charge < -0.3 is 5.73 Å². The van der Waals surface area contributed by atoms with Crippen molar-refractivity contribution in [1.29, 1.82) is 0 Å². The maximum atomic E-state index is 6.38. The maximum absolute atomic E-state index is 6.38. The molecule has 5 nitrogen and oxygen atoms in total. The highest BCUT2D eigenvalue weighted by Crippen LogP contribution is 2.36. The largest absolute Gasteiger partial charge is 0.369 e. The topological polar surface area (TPSA) is 69.6 Å². The van der Waals surface area contributed by atoms with Gasteiger partial charge in [0.2, 0.25) is 5.95 Å². The Morgan fingerprint density at radius 3 is 2.67 bits per heavy atom. The van der Waals surface area contributed by atoms with Crippen molar-refractivity contribution in [3.8, 4) is 5.69 Å². The minimum Gasteiger partial charge on any atom is -0.369 e. The van der Waals surface area contributed by atoms with Gasteiger partial charge in [-0.05, 0) is 18.2 Å². The molecule has 0 unspecified atom stereocenters. The van der Waals surface area contributed by atoms with E-state index in [9.17, 15) is 0 Å². The molecular formula is C13H7Cl2N5S. The number of rotatable bonds is 1. The number of hydrogen-bond donors (Lipinski definition) is 1. The number of aromatic nitrogens is 4. The third-order valence-electron chi connectivity index (χ3n) is 3.23. The first-order chi connectivity index (χ1) is 10.2. The van der Waals surface area contributed by atoms with E-state index >= 15 is 0 Å². The van der Waals surface area contributed by atoms with Crippen LogP contribution in [-0.4, -0.2) is 18.3 Å². The second-order valence-corrected chi connectivity index (χ2v) is 5.79. The predicted molar refractivity (Wildman–Crippen MR) is 86.5 cm³/mol. The van der Waals surface area contributed by atoms with E-state index in [0.717, 1.165) is 22.8 Å². The summed E-state index contributed by atoms with van der Waals surface area (Å²) in [5.74, 6) is 0.342. The number of fused-ring (bicyclic) bond motifs is 2. The number of imidazole rings is 1. The second kappa shape index (κ2) is 4.56. The first kappa shape index (κ1) is 12.8. The molecule has 0 radical (unpaired) electrons. The van der Waals surface area contributed by atoms with E-state index in [1.807, 2.05) is 24.3 Å². The number of benzene rings is 2. The number of para-hydroxylation sites is 2. The Labute approximate surface area is 133 Å². The monoisotopic (exact) mass is 335 g/mol. The molecule has 0 aliphatic heterocycles. The molecule has 8 heteroatoms. The highest BCUT2D eigenvalue weighted by atomic mass is 35.5. The van der Waals surface area contributed by atoms with Crippen LogP contribution in [0.4, 0.5) is 5.95 Å². The molecule has 4 aromatic rings. The van der Waals surface area contributed by atoms with Gasteiger partial charge in [-0.15, -0.1) is 0 Å². The Morgan fingerprint density at radius 1 is 1.05 bits per heavy atom. The molecule has 0 aliphatic rings. The van der Waals surface area contributed by atoms with E-state index in [0.29, 0.717) is 32.7 Å². The normalized spacial score (nSPS) is 11.5. The fraction of sp³-hybridized carbons (Fsp3) is 0. The van der Waals surface area contributed by atoms with Gasteiger partial charge in [-0.2, -0.15) is 8.75 Å². The first-order valence-corrected chi connectivity index (χ1v) is 7.49. The molecule has 104 valence electrons. The molecular weight excluding hydrogens is 329 g/mol. The van der Waals surface area contributed by atoms with Gasteiger partial charge in [-0.3, -0.25) is 4.57 Å². The van der Waals surface area contributed by atoms with Crippen LogP contribution in [0.5, 0.6) is 0 Å². The van der Waals surface area contributed by atoms with Crippen molar-refractivity contribution < 1.29 is 0 Å². The first-order valence-electron chi connectivity index (χ1n) is 6.00. The van der Waals surface area contributed by atoms with Gasteiger partial charge in [-0.1, -0.05) is 35.3 Å². The van der Waals surface area contributed by atoms with Crippen LogP contribution < -0.4 is 5.73 Å². The summed E-state index contributed by atoms with van der Waals surface area (Å²) in [6, 6.07) is 9.29. The molecule has 2 aromatic heterocycles.